The number of hydrogen-bond donors (Lipinski definition) is 2. The molecule has 1 heterocycles. The number of aromatic nitrogens is 1. The van der Waals surface area contributed by atoms with Gasteiger partial charge in [0.25, 0.3) is 0 Å². The third-order valence-electron chi connectivity index (χ3n) is 4.13. The minimum absolute atomic E-state index is 0.605. The van der Waals surface area contributed by atoms with Crippen LogP contribution in [0.15, 0.2) is 18.5 Å². The van der Waals surface area contributed by atoms with Crippen LogP contribution in [0.1, 0.15) is 33.1 Å². The van der Waals surface area contributed by atoms with Crippen LogP contribution in [0, 0.1) is 11.8 Å². The second-order valence-electron chi connectivity index (χ2n) is 5.07. The molecular weight excluding hydrogens is 210 g/mol. The molecule has 3 unspecified atom stereocenters. The first-order valence-electron chi connectivity index (χ1n) is 6.64. The van der Waals surface area contributed by atoms with Crippen molar-refractivity contribution in [3.05, 3.63) is 18.5 Å². The summed E-state index contributed by atoms with van der Waals surface area (Å²) >= 11 is 0. The second-order valence-corrected chi connectivity index (χ2v) is 5.07. The fraction of sp³-hybridized carbons (Fsp3) is 0.643. The van der Waals surface area contributed by atoms with Crippen LogP contribution in [0.4, 0.5) is 11.4 Å². The van der Waals surface area contributed by atoms with Crippen molar-refractivity contribution in [1.29, 1.82) is 0 Å². The molecule has 0 spiro atoms. The van der Waals surface area contributed by atoms with Crippen molar-refractivity contribution in [2.24, 2.45) is 11.8 Å². The van der Waals surface area contributed by atoms with Crippen LogP contribution in [0.2, 0.25) is 0 Å². The van der Waals surface area contributed by atoms with E-state index >= 15 is 0 Å². The summed E-state index contributed by atoms with van der Waals surface area (Å²) in [6, 6.07) is 2.73. The lowest BCUT2D eigenvalue weighted by Crippen LogP contribution is -2.24. The molecule has 1 saturated carbocycles. The van der Waals surface area contributed by atoms with E-state index in [1.54, 1.807) is 0 Å². The normalized spacial score (nSPS) is 28.1. The van der Waals surface area contributed by atoms with E-state index in [4.69, 9.17) is 0 Å². The summed E-state index contributed by atoms with van der Waals surface area (Å²) in [5.74, 6) is 1.64. The average Bonchev–Trinajstić information content (AvgIpc) is 2.71. The summed E-state index contributed by atoms with van der Waals surface area (Å²) in [6.07, 6.45) is 7.69. The summed E-state index contributed by atoms with van der Waals surface area (Å²) in [5, 5.41) is 6.75. The number of nitrogens with one attached hydrogen (secondary N) is 2. The third kappa shape index (κ3) is 2.71. The molecule has 0 aromatic carbocycles. The van der Waals surface area contributed by atoms with Crippen molar-refractivity contribution in [3.8, 4) is 0 Å². The monoisotopic (exact) mass is 233 g/mol. The Morgan fingerprint density at radius 3 is 2.71 bits per heavy atom. The van der Waals surface area contributed by atoms with Crippen molar-refractivity contribution >= 4 is 11.4 Å². The highest BCUT2D eigenvalue weighted by atomic mass is 15.0. The van der Waals surface area contributed by atoms with Gasteiger partial charge in [-0.2, -0.15) is 0 Å². The molecule has 1 aliphatic rings. The Bertz CT molecular complexity index is 364. The predicted molar refractivity (Wildman–Crippen MR) is 73.4 cm³/mol. The topological polar surface area (TPSA) is 37.0 Å². The van der Waals surface area contributed by atoms with Gasteiger partial charge in [-0.25, -0.2) is 0 Å². The number of rotatable bonds is 4. The van der Waals surface area contributed by atoms with Crippen molar-refractivity contribution < 1.29 is 0 Å². The van der Waals surface area contributed by atoms with Gasteiger partial charge in [-0.05, 0) is 30.7 Å². The van der Waals surface area contributed by atoms with Crippen LogP contribution >= 0.6 is 0 Å². The largest absolute Gasteiger partial charge is 0.387 e. The van der Waals surface area contributed by atoms with Gasteiger partial charge >= 0.3 is 0 Å². The minimum atomic E-state index is 0.605. The summed E-state index contributed by atoms with van der Waals surface area (Å²) in [5.41, 5.74) is 2.19. The molecule has 1 fully saturated rings. The molecule has 1 aliphatic carbocycles. The van der Waals surface area contributed by atoms with Crippen LogP contribution < -0.4 is 10.6 Å². The summed E-state index contributed by atoms with van der Waals surface area (Å²) in [4.78, 5) is 4.24. The van der Waals surface area contributed by atoms with E-state index in [9.17, 15) is 0 Å². The van der Waals surface area contributed by atoms with E-state index in [2.05, 4.69) is 35.5 Å². The molecule has 0 radical (unpaired) electrons. The highest BCUT2D eigenvalue weighted by Crippen LogP contribution is 2.35. The van der Waals surface area contributed by atoms with Crippen molar-refractivity contribution in [3.63, 3.8) is 0 Å². The first kappa shape index (κ1) is 12.2. The molecular formula is C14H23N3. The molecule has 1 aromatic heterocycles. The van der Waals surface area contributed by atoms with Crippen LogP contribution in [-0.4, -0.2) is 18.1 Å². The van der Waals surface area contributed by atoms with Gasteiger partial charge in [0, 0.05) is 13.1 Å². The van der Waals surface area contributed by atoms with Crippen LogP contribution in [-0.2, 0) is 0 Å². The zero-order chi connectivity index (χ0) is 12.3. The van der Waals surface area contributed by atoms with Gasteiger partial charge in [0.1, 0.15) is 0 Å². The maximum absolute atomic E-state index is 4.24. The van der Waals surface area contributed by atoms with E-state index in [0.717, 1.165) is 23.2 Å². The first-order valence-corrected chi connectivity index (χ1v) is 6.64. The Balaban J connectivity index is 2.01. The van der Waals surface area contributed by atoms with Crippen LogP contribution in [0.3, 0.4) is 0 Å². The molecule has 0 aliphatic heterocycles. The smallest absolute Gasteiger partial charge is 0.0549 e. The number of anilines is 2. The van der Waals surface area contributed by atoms with E-state index in [-0.39, 0.29) is 0 Å². The van der Waals surface area contributed by atoms with Crippen molar-refractivity contribution in [1.82, 2.24) is 4.98 Å². The van der Waals surface area contributed by atoms with Gasteiger partial charge in [0.15, 0.2) is 0 Å². The lowest BCUT2D eigenvalue weighted by Gasteiger charge is -2.22. The third-order valence-corrected chi connectivity index (χ3v) is 4.13. The number of pyridine rings is 1. The molecule has 0 saturated heterocycles. The Labute approximate surface area is 104 Å². The zero-order valence-corrected chi connectivity index (χ0v) is 11.0. The molecule has 17 heavy (non-hydrogen) atoms. The lowest BCUT2D eigenvalue weighted by molar-refractivity contribution is 0.392. The standard InChI is InChI=1S/C14H23N3/c1-4-11-5-6-14(10(11)2)17-13-7-12(15-3)8-16-9-13/h7-11,14-15,17H,4-6H2,1-3H3. The van der Waals surface area contributed by atoms with E-state index in [0.29, 0.717) is 6.04 Å². The predicted octanol–water partition coefficient (Wildman–Crippen LogP) is 3.36. The quantitative estimate of drug-likeness (QED) is 0.837. The van der Waals surface area contributed by atoms with Gasteiger partial charge in [-0.1, -0.05) is 20.3 Å². The molecule has 1 aromatic rings. The molecule has 0 amide bonds. The Hall–Kier alpha value is -1.25. The van der Waals surface area contributed by atoms with Crippen LogP contribution in [0.5, 0.6) is 0 Å². The zero-order valence-electron chi connectivity index (χ0n) is 11.0. The molecule has 3 heteroatoms. The fourth-order valence-corrected chi connectivity index (χ4v) is 2.90. The minimum Gasteiger partial charge on any atom is -0.387 e. The Morgan fingerprint density at radius 1 is 1.29 bits per heavy atom. The van der Waals surface area contributed by atoms with Gasteiger partial charge in [-0.15, -0.1) is 0 Å². The van der Waals surface area contributed by atoms with Crippen LogP contribution in [0.25, 0.3) is 0 Å². The Kier molecular flexibility index (Phi) is 3.87. The van der Waals surface area contributed by atoms with E-state index < -0.39 is 0 Å². The SMILES string of the molecule is CCC1CCC(Nc2cncc(NC)c2)C1C. The fourth-order valence-electron chi connectivity index (χ4n) is 2.90. The van der Waals surface area contributed by atoms with Gasteiger partial charge < -0.3 is 10.6 Å². The summed E-state index contributed by atoms with van der Waals surface area (Å²) < 4.78 is 0. The highest BCUT2D eigenvalue weighted by Gasteiger charge is 2.31. The maximum Gasteiger partial charge on any atom is 0.0549 e. The number of hydrogen-bond acceptors (Lipinski definition) is 3. The van der Waals surface area contributed by atoms with E-state index in [1.807, 2.05) is 19.4 Å². The molecule has 3 atom stereocenters. The highest BCUT2D eigenvalue weighted by molar-refractivity contribution is 5.54. The van der Waals surface area contributed by atoms with Gasteiger partial charge in [-0.3, -0.25) is 4.98 Å². The Morgan fingerprint density at radius 2 is 2.06 bits per heavy atom. The van der Waals surface area contributed by atoms with Crippen molar-refractivity contribution in [2.75, 3.05) is 17.7 Å². The summed E-state index contributed by atoms with van der Waals surface area (Å²) in [7, 11) is 1.92. The van der Waals surface area contributed by atoms with E-state index in [1.165, 1.54) is 19.3 Å². The first-order chi connectivity index (χ1) is 8.24. The summed E-state index contributed by atoms with van der Waals surface area (Å²) in [6.45, 7) is 4.67. The number of nitrogens with zero attached hydrogens (tertiary/aromatic N) is 1. The van der Waals surface area contributed by atoms with Gasteiger partial charge in [0.2, 0.25) is 0 Å². The molecule has 2 N–H and O–H groups in total. The van der Waals surface area contributed by atoms with Crippen molar-refractivity contribution in [2.45, 2.75) is 39.2 Å². The second kappa shape index (κ2) is 5.39. The average molecular weight is 233 g/mol. The molecule has 0 bridgehead atoms. The molecule has 2 rings (SSSR count). The maximum atomic E-state index is 4.24. The lowest BCUT2D eigenvalue weighted by atomic mass is 9.93. The molecule has 94 valence electrons. The van der Waals surface area contributed by atoms with Gasteiger partial charge in [0.05, 0.1) is 23.8 Å². The molecule has 3 nitrogen and oxygen atoms in total.